The lowest BCUT2D eigenvalue weighted by atomic mass is 9.91. The summed E-state index contributed by atoms with van der Waals surface area (Å²) in [4.78, 5) is 2.64. The van der Waals surface area contributed by atoms with Gasteiger partial charge in [0.15, 0.2) is 0 Å². The van der Waals surface area contributed by atoms with E-state index in [1.165, 1.54) is 9.79 Å². The largest absolute Gasteiger partial charge is 0.380 e. The Morgan fingerprint density at radius 1 is 0.773 bits per heavy atom. The molecule has 2 aromatic carbocycles. The first-order valence-electron chi connectivity index (χ1n) is 7.00. The quantitative estimate of drug-likeness (QED) is 0.482. The minimum absolute atomic E-state index is 0.301. The second-order valence-corrected chi connectivity index (χ2v) is 9.41. The van der Waals surface area contributed by atoms with Crippen LogP contribution in [0.1, 0.15) is 0 Å². The average molecular weight is 460 g/mol. The number of hydrogen-bond donors (Lipinski definition) is 0. The van der Waals surface area contributed by atoms with Crippen LogP contribution < -0.4 is 0 Å². The van der Waals surface area contributed by atoms with Crippen LogP contribution >= 0.6 is 55.4 Å². The highest BCUT2D eigenvalue weighted by molar-refractivity contribution is 9.10. The van der Waals surface area contributed by atoms with Crippen molar-refractivity contribution in [2.45, 2.75) is 9.79 Å². The van der Waals surface area contributed by atoms with E-state index in [9.17, 15) is 0 Å². The monoisotopic (exact) mass is 458 g/mol. The van der Waals surface area contributed by atoms with Crippen molar-refractivity contribution in [2.24, 2.45) is 5.41 Å². The van der Waals surface area contributed by atoms with Crippen molar-refractivity contribution < 1.29 is 4.74 Å². The van der Waals surface area contributed by atoms with Gasteiger partial charge < -0.3 is 4.74 Å². The molecule has 0 aromatic heterocycles. The lowest BCUT2D eigenvalue weighted by Gasteiger charge is -2.41. The van der Waals surface area contributed by atoms with Gasteiger partial charge in [-0.25, -0.2) is 0 Å². The molecule has 2 aromatic rings. The second-order valence-electron chi connectivity index (χ2n) is 5.48. The average Bonchev–Trinajstić information content (AvgIpc) is 2.49. The first kappa shape index (κ1) is 16.9. The molecule has 0 atom stereocenters. The molecule has 0 radical (unpaired) electrons. The molecule has 1 aliphatic heterocycles. The number of halogens is 2. The lowest BCUT2D eigenvalue weighted by molar-refractivity contribution is -0.0830. The minimum atomic E-state index is 0.301. The van der Waals surface area contributed by atoms with Crippen molar-refractivity contribution >= 4 is 55.4 Å². The molecule has 3 rings (SSSR count). The molecule has 0 spiro atoms. The van der Waals surface area contributed by atoms with Gasteiger partial charge in [-0.2, -0.15) is 0 Å². The molecule has 0 aliphatic carbocycles. The number of thioether (sulfide) groups is 2. The summed E-state index contributed by atoms with van der Waals surface area (Å²) in [6.45, 7) is 1.75. The van der Waals surface area contributed by atoms with E-state index in [0.29, 0.717) is 5.41 Å². The van der Waals surface area contributed by atoms with Crippen molar-refractivity contribution in [3.05, 3.63) is 57.5 Å². The molecule has 0 amide bonds. The summed E-state index contributed by atoms with van der Waals surface area (Å²) in [5, 5.41) is 0. The van der Waals surface area contributed by atoms with E-state index in [2.05, 4.69) is 80.4 Å². The van der Waals surface area contributed by atoms with Gasteiger partial charge in [-0.15, -0.1) is 23.5 Å². The van der Waals surface area contributed by atoms with Crippen molar-refractivity contribution in [3.8, 4) is 0 Å². The van der Waals surface area contributed by atoms with E-state index in [4.69, 9.17) is 4.74 Å². The zero-order valence-corrected chi connectivity index (χ0v) is 16.7. The molecule has 0 saturated carbocycles. The third-order valence-corrected chi connectivity index (χ3v) is 7.32. The van der Waals surface area contributed by atoms with Gasteiger partial charge in [0, 0.05) is 35.7 Å². The van der Waals surface area contributed by atoms with E-state index in [1.54, 1.807) is 0 Å². The van der Waals surface area contributed by atoms with E-state index < -0.39 is 0 Å². The molecule has 0 N–H and O–H groups in total. The zero-order valence-electron chi connectivity index (χ0n) is 11.9. The third-order valence-electron chi connectivity index (χ3n) is 3.53. The van der Waals surface area contributed by atoms with Crippen molar-refractivity contribution in [1.29, 1.82) is 0 Å². The van der Waals surface area contributed by atoms with Crippen LogP contribution in [0.2, 0.25) is 0 Å². The highest BCUT2D eigenvalue weighted by Gasteiger charge is 2.38. The summed E-state index contributed by atoms with van der Waals surface area (Å²) < 4.78 is 7.77. The van der Waals surface area contributed by atoms with Gasteiger partial charge in [0.05, 0.1) is 13.2 Å². The highest BCUT2D eigenvalue weighted by Crippen LogP contribution is 2.39. The maximum absolute atomic E-state index is 5.51. The first-order valence-corrected chi connectivity index (χ1v) is 10.6. The molecule has 1 aliphatic rings. The maximum atomic E-state index is 5.51. The second kappa shape index (κ2) is 7.75. The normalized spacial score (nSPS) is 16.3. The van der Waals surface area contributed by atoms with Gasteiger partial charge in [0.1, 0.15) is 0 Å². The van der Waals surface area contributed by atoms with Crippen LogP contribution in [0.5, 0.6) is 0 Å². The Morgan fingerprint density at radius 2 is 1.18 bits per heavy atom. The highest BCUT2D eigenvalue weighted by atomic mass is 79.9. The van der Waals surface area contributed by atoms with Crippen LogP contribution in [0.3, 0.4) is 0 Å². The fourth-order valence-corrected chi connectivity index (χ4v) is 4.93. The molecule has 5 heteroatoms. The molecule has 22 heavy (non-hydrogen) atoms. The molecule has 1 nitrogen and oxygen atoms in total. The molecular weight excluding hydrogens is 444 g/mol. The number of hydrogen-bond acceptors (Lipinski definition) is 3. The fourth-order valence-electron chi connectivity index (χ4n) is 2.13. The van der Waals surface area contributed by atoms with Gasteiger partial charge in [-0.05, 0) is 48.5 Å². The van der Waals surface area contributed by atoms with E-state index >= 15 is 0 Å². The predicted molar refractivity (Wildman–Crippen MR) is 103 cm³/mol. The number of benzene rings is 2. The molecule has 0 unspecified atom stereocenters. The number of rotatable bonds is 6. The van der Waals surface area contributed by atoms with Crippen LogP contribution in [-0.4, -0.2) is 24.7 Å². The summed E-state index contributed by atoms with van der Waals surface area (Å²) in [6, 6.07) is 17.1. The van der Waals surface area contributed by atoms with Crippen LogP contribution in [0.4, 0.5) is 0 Å². The predicted octanol–water partition coefficient (Wildman–Crippen LogP) is 6.11. The topological polar surface area (TPSA) is 9.23 Å². The minimum Gasteiger partial charge on any atom is -0.380 e. The lowest BCUT2D eigenvalue weighted by Crippen LogP contribution is -2.46. The Hall–Kier alpha value is 0.0600. The van der Waals surface area contributed by atoms with Crippen molar-refractivity contribution in [3.63, 3.8) is 0 Å². The van der Waals surface area contributed by atoms with Crippen LogP contribution in [-0.2, 0) is 4.74 Å². The summed E-state index contributed by atoms with van der Waals surface area (Å²) in [7, 11) is 0. The van der Waals surface area contributed by atoms with Gasteiger partial charge in [0.25, 0.3) is 0 Å². The van der Waals surface area contributed by atoms with E-state index in [-0.39, 0.29) is 0 Å². The Morgan fingerprint density at radius 3 is 1.50 bits per heavy atom. The SMILES string of the molecule is Brc1ccc(SCC2(CSc3ccc(Br)cc3)COC2)cc1. The summed E-state index contributed by atoms with van der Waals surface area (Å²) in [5.41, 5.74) is 0.301. The van der Waals surface area contributed by atoms with E-state index in [1.807, 2.05) is 23.5 Å². The Kier molecular flexibility index (Phi) is 5.96. The third kappa shape index (κ3) is 4.54. The maximum Gasteiger partial charge on any atom is 0.0561 e. The van der Waals surface area contributed by atoms with Gasteiger partial charge in [0.2, 0.25) is 0 Å². The standard InChI is InChI=1S/C17H16Br2OS2/c18-13-1-5-15(6-2-13)21-11-17(9-20-10-17)12-22-16-7-3-14(19)4-8-16/h1-8H,9-12H2. The molecule has 1 heterocycles. The van der Waals surface area contributed by atoms with Gasteiger partial charge in [-0.3, -0.25) is 0 Å². The zero-order chi connectivity index (χ0) is 15.4. The Bertz CT molecular complexity index is 558. The molecule has 0 bridgehead atoms. The summed E-state index contributed by atoms with van der Waals surface area (Å²) in [5.74, 6) is 2.22. The smallest absolute Gasteiger partial charge is 0.0561 e. The van der Waals surface area contributed by atoms with Gasteiger partial charge in [-0.1, -0.05) is 31.9 Å². The Balaban J connectivity index is 1.55. The number of ether oxygens (including phenoxy) is 1. The molecule has 1 fully saturated rings. The molecular formula is C17H16Br2OS2. The molecule has 116 valence electrons. The van der Waals surface area contributed by atoms with Gasteiger partial charge >= 0.3 is 0 Å². The van der Waals surface area contributed by atoms with E-state index in [0.717, 1.165) is 33.7 Å². The molecule has 1 saturated heterocycles. The first-order chi connectivity index (χ1) is 10.7. The Labute approximate surface area is 156 Å². The van der Waals surface area contributed by atoms with Crippen molar-refractivity contribution in [1.82, 2.24) is 0 Å². The van der Waals surface area contributed by atoms with Crippen LogP contribution in [0.25, 0.3) is 0 Å². The van der Waals surface area contributed by atoms with Crippen LogP contribution in [0, 0.1) is 5.41 Å². The fraction of sp³-hybridized carbons (Fsp3) is 0.294. The summed E-state index contributed by atoms with van der Waals surface area (Å²) in [6.07, 6.45) is 0. The van der Waals surface area contributed by atoms with Crippen LogP contribution in [0.15, 0.2) is 67.3 Å². The van der Waals surface area contributed by atoms with Crippen molar-refractivity contribution in [2.75, 3.05) is 24.7 Å². The summed E-state index contributed by atoms with van der Waals surface area (Å²) >= 11 is 10.8.